The lowest BCUT2D eigenvalue weighted by Gasteiger charge is -2.29. The van der Waals surface area contributed by atoms with Crippen molar-refractivity contribution in [1.82, 2.24) is 25.1 Å². The van der Waals surface area contributed by atoms with Crippen LogP contribution < -0.4 is 10.6 Å². The summed E-state index contributed by atoms with van der Waals surface area (Å²) < 4.78 is 2.05. The second kappa shape index (κ2) is 12.6. The van der Waals surface area contributed by atoms with Gasteiger partial charge in [-0.05, 0) is 34.6 Å². The molecule has 134 valence electrons. The zero-order valence-corrected chi connectivity index (χ0v) is 17.4. The highest BCUT2D eigenvalue weighted by molar-refractivity contribution is 14.0. The fourth-order valence-electron chi connectivity index (χ4n) is 2.45. The standard InChI is InChI=1S/C16H32N6.HI/c1-6-18-16(19-8-11-21-10-7-17-13-21)20-9-12-22(14(2)3)15(4)5;/h7,10,13-15H,6,8-9,11-12H2,1-5H3,(H2,18,19,20);1H. The van der Waals surface area contributed by atoms with E-state index in [4.69, 9.17) is 0 Å². The molecule has 0 saturated carbocycles. The monoisotopic (exact) mass is 436 g/mol. The third-order valence-corrected chi connectivity index (χ3v) is 3.52. The number of halogens is 1. The zero-order valence-electron chi connectivity index (χ0n) is 15.1. The first kappa shape index (κ1) is 22.2. The molecule has 1 rings (SSSR count). The number of aliphatic imine (C=N–C) groups is 1. The van der Waals surface area contributed by atoms with Crippen LogP contribution in [-0.4, -0.2) is 58.7 Å². The predicted molar refractivity (Wildman–Crippen MR) is 109 cm³/mol. The van der Waals surface area contributed by atoms with Crippen LogP contribution in [0.5, 0.6) is 0 Å². The maximum absolute atomic E-state index is 4.66. The summed E-state index contributed by atoms with van der Waals surface area (Å²) in [6, 6.07) is 1.10. The van der Waals surface area contributed by atoms with E-state index in [9.17, 15) is 0 Å². The van der Waals surface area contributed by atoms with Crippen LogP contribution in [0.1, 0.15) is 34.6 Å². The van der Waals surface area contributed by atoms with E-state index in [1.165, 1.54) is 0 Å². The predicted octanol–water partition coefficient (Wildman–Crippen LogP) is 2.18. The average molecular weight is 436 g/mol. The van der Waals surface area contributed by atoms with Gasteiger partial charge in [-0.3, -0.25) is 9.89 Å². The second-order valence-corrected chi connectivity index (χ2v) is 5.91. The smallest absolute Gasteiger partial charge is 0.191 e. The molecule has 1 heterocycles. The first-order chi connectivity index (χ1) is 10.5. The van der Waals surface area contributed by atoms with Gasteiger partial charge in [-0.15, -0.1) is 24.0 Å². The summed E-state index contributed by atoms with van der Waals surface area (Å²) >= 11 is 0. The van der Waals surface area contributed by atoms with Gasteiger partial charge in [-0.25, -0.2) is 4.98 Å². The Bertz CT molecular complexity index is 408. The van der Waals surface area contributed by atoms with Gasteiger partial charge < -0.3 is 15.2 Å². The third-order valence-electron chi connectivity index (χ3n) is 3.52. The van der Waals surface area contributed by atoms with Crippen LogP contribution in [0.15, 0.2) is 23.7 Å². The third kappa shape index (κ3) is 9.14. The maximum Gasteiger partial charge on any atom is 0.191 e. The van der Waals surface area contributed by atoms with Crippen LogP contribution in [0.2, 0.25) is 0 Å². The van der Waals surface area contributed by atoms with Gasteiger partial charge in [0, 0.05) is 50.7 Å². The summed E-state index contributed by atoms with van der Waals surface area (Å²) in [6.45, 7) is 15.4. The van der Waals surface area contributed by atoms with Crippen molar-refractivity contribution >= 4 is 29.9 Å². The molecule has 0 aromatic carbocycles. The van der Waals surface area contributed by atoms with Crippen LogP contribution in [0.25, 0.3) is 0 Å². The number of imidazole rings is 1. The molecule has 7 heteroatoms. The number of guanidine groups is 1. The molecule has 0 aliphatic carbocycles. The van der Waals surface area contributed by atoms with Crippen molar-refractivity contribution < 1.29 is 0 Å². The van der Waals surface area contributed by atoms with Crippen molar-refractivity contribution in [2.75, 3.05) is 26.2 Å². The molecule has 0 aliphatic rings. The van der Waals surface area contributed by atoms with Crippen LogP contribution in [0.3, 0.4) is 0 Å². The highest BCUT2D eigenvalue weighted by atomic mass is 127. The average Bonchev–Trinajstić information content (AvgIpc) is 2.95. The minimum absolute atomic E-state index is 0. The van der Waals surface area contributed by atoms with E-state index in [-0.39, 0.29) is 24.0 Å². The topological polar surface area (TPSA) is 57.5 Å². The molecule has 1 aromatic heterocycles. The van der Waals surface area contributed by atoms with Crippen LogP contribution >= 0.6 is 24.0 Å². The van der Waals surface area contributed by atoms with Crippen LogP contribution in [0.4, 0.5) is 0 Å². The van der Waals surface area contributed by atoms with Gasteiger partial charge in [0.15, 0.2) is 5.96 Å². The van der Waals surface area contributed by atoms with Crippen molar-refractivity contribution in [2.45, 2.75) is 53.2 Å². The number of nitrogens with zero attached hydrogens (tertiary/aromatic N) is 4. The van der Waals surface area contributed by atoms with E-state index in [1.54, 1.807) is 6.20 Å². The minimum Gasteiger partial charge on any atom is -0.357 e. The van der Waals surface area contributed by atoms with E-state index in [2.05, 4.69) is 64.7 Å². The molecule has 23 heavy (non-hydrogen) atoms. The van der Waals surface area contributed by atoms with Crippen molar-refractivity contribution in [3.8, 4) is 0 Å². The van der Waals surface area contributed by atoms with Crippen molar-refractivity contribution in [3.63, 3.8) is 0 Å². The molecule has 0 saturated heterocycles. The number of rotatable bonds is 9. The molecule has 2 N–H and O–H groups in total. The Morgan fingerprint density at radius 1 is 1.22 bits per heavy atom. The fraction of sp³-hybridized carbons (Fsp3) is 0.750. The minimum atomic E-state index is 0. The van der Waals surface area contributed by atoms with Crippen molar-refractivity contribution in [2.24, 2.45) is 4.99 Å². The van der Waals surface area contributed by atoms with E-state index < -0.39 is 0 Å². The van der Waals surface area contributed by atoms with E-state index in [1.807, 2.05) is 12.5 Å². The van der Waals surface area contributed by atoms with Gasteiger partial charge in [0.25, 0.3) is 0 Å². The molecule has 0 unspecified atom stereocenters. The molecule has 0 spiro atoms. The van der Waals surface area contributed by atoms with Crippen LogP contribution in [0, 0.1) is 0 Å². The number of nitrogens with one attached hydrogen (secondary N) is 2. The zero-order chi connectivity index (χ0) is 16.4. The van der Waals surface area contributed by atoms with Crippen LogP contribution in [-0.2, 0) is 6.54 Å². The Hall–Kier alpha value is -0.830. The van der Waals surface area contributed by atoms with Crippen molar-refractivity contribution in [3.05, 3.63) is 18.7 Å². The summed E-state index contributed by atoms with van der Waals surface area (Å²) in [5.74, 6) is 0.884. The Morgan fingerprint density at radius 2 is 1.91 bits per heavy atom. The van der Waals surface area contributed by atoms with E-state index in [0.717, 1.165) is 38.7 Å². The lowest BCUT2D eigenvalue weighted by molar-refractivity contribution is 0.181. The number of hydrogen-bond acceptors (Lipinski definition) is 3. The molecular formula is C16H33IN6. The first-order valence-corrected chi connectivity index (χ1v) is 8.28. The quantitative estimate of drug-likeness (QED) is 0.354. The molecule has 0 amide bonds. The highest BCUT2D eigenvalue weighted by Gasteiger charge is 2.12. The normalized spacial score (nSPS) is 11.9. The molecule has 0 aliphatic heterocycles. The summed E-state index contributed by atoms with van der Waals surface area (Å²) in [5, 5.41) is 6.65. The van der Waals surface area contributed by atoms with Gasteiger partial charge in [-0.1, -0.05) is 0 Å². The molecule has 0 atom stereocenters. The maximum atomic E-state index is 4.66. The van der Waals surface area contributed by atoms with Crippen molar-refractivity contribution in [1.29, 1.82) is 0 Å². The largest absolute Gasteiger partial charge is 0.357 e. The number of hydrogen-bond donors (Lipinski definition) is 2. The first-order valence-electron chi connectivity index (χ1n) is 8.28. The summed E-state index contributed by atoms with van der Waals surface area (Å²) in [4.78, 5) is 11.2. The Kier molecular flexibility index (Phi) is 12.1. The molecule has 0 bridgehead atoms. The Labute approximate surface area is 158 Å². The van der Waals surface area contributed by atoms with Gasteiger partial charge >= 0.3 is 0 Å². The molecule has 6 nitrogen and oxygen atoms in total. The lowest BCUT2D eigenvalue weighted by Crippen LogP contribution is -2.41. The molecular weight excluding hydrogens is 403 g/mol. The van der Waals surface area contributed by atoms with Gasteiger partial charge in [0.05, 0.1) is 12.9 Å². The molecule has 0 radical (unpaired) electrons. The highest BCUT2D eigenvalue weighted by Crippen LogP contribution is 2.03. The number of aromatic nitrogens is 2. The van der Waals surface area contributed by atoms with Gasteiger partial charge in [0.2, 0.25) is 0 Å². The molecule has 1 aromatic rings. The summed E-state index contributed by atoms with van der Waals surface area (Å²) in [6.07, 6.45) is 5.59. The van der Waals surface area contributed by atoms with Gasteiger partial charge in [0.1, 0.15) is 0 Å². The second-order valence-electron chi connectivity index (χ2n) is 5.91. The Morgan fingerprint density at radius 3 is 2.43 bits per heavy atom. The van der Waals surface area contributed by atoms with E-state index in [0.29, 0.717) is 12.1 Å². The Balaban J connectivity index is 0.00000484. The fourth-order valence-corrected chi connectivity index (χ4v) is 2.45. The lowest BCUT2D eigenvalue weighted by atomic mass is 10.2. The SMILES string of the molecule is CCNC(=NCCN(C(C)C)C(C)C)NCCn1ccnc1.I. The van der Waals surface area contributed by atoms with Gasteiger partial charge in [-0.2, -0.15) is 0 Å². The summed E-state index contributed by atoms with van der Waals surface area (Å²) in [7, 11) is 0. The van der Waals surface area contributed by atoms with E-state index >= 15 is 0 Å². The summed E-state index contributed by atoms with van der Waals surface area (Å²) in [5.41, 5.74) is 0. The molecule has 0 fully saturated rings.